The highest BCUT2D eigenvalue weighted by Gasteiger charge is 2.30. The van der Waals surface area contributed by atoms with Gasteiger partial charge in [0.05, 0.1) is 11.3 Å². The number of halogens is 3. The molecule has 9 heteroatoms. The van der Waals surface area contributed by atoms with Crippen LogP contribution in [-0.2, 0) is 6.18 Å². The van der Waals surface area contributed by atoms with Gasteiger partial charge in [-0.1, -0.05) is 19.1 Å². The van der Waals surface area contributed by atoms with Gasteiger partial charge in [0, 0.05) is 30.0 Å². The number of carbonyl (C=O) groups is 1. The number of urea groups is 1. The van der Waals surface area contributed by atoms with E-state index in [0.717, 1.165) is 61.1 Å². The Balaban J connectivity index is 1.34. The number of benzene rings is 2. The lowest BCUT2D eigenvalue weighted by molar-refractivity contribution is -0.137. The van der Waals surface area contributed by atoms with Crippen molar-refractivity contribution >= 4 is 23.2 Å². The predicted molar refractivity (Wildman–Crippen MR) is 122 cm³/mol. The van der Waals surface area contributed by atoms with Gasteiger partial charge in [-0.2, -0.15) is 13.2 Å². The van der Waals surface area contributed by atoms with Gasteiger partial charge in [0.15, 0.2) is 5.82 Å². The topological polar surface area (TPSA) is 70.2 Å². The van der Waals surface area contributed by atoms with Crippen molar-refractivity contribution in [2.75, 3.05) is 28.6 Å². The van der Waals surface area contributed by atoms with E-state index in [2.05, 4.69) is 32.7 Å². The zero-order valence-electron chi connectivity index (χ0n) is 18.1. The predicted octanol–water partition coefficient (Wildman–Crippen LogP) is 6.04. The first-order chi connectivity index (χ1) is 15.8. The number of nitrogens with zero attached hydrogens (tertiary/aromatic N) is 3. The molecule has 2 heterocycles. The normalized spacial score (nSPS) is 14.7. The number of aromatic nitrogens is 2. The first-order valence-electron chi connectivity index (χ1n) is 10.7. The Morgan fingerprint density at radius 1 is 0.879 bits per heavy atom. The molecule has 0 spiro atoms. The van der Waals surface area contributed by atoms with E-state index in [-0.39, 0.29) is 5.69 Å². The zero-order chi connectivity index (χ0) is 23.4. The molecule has 2 amide bonds. The average molecular weight is 455 g/mol. The molecule has 6 nitrogen and oxygen atoms in total. The molecular formula is C24H24F3N5O. The fraction of sp³-hybridized carbons (Fsp3) is 0.292. The summed E-state index contributed by atoms with van der Waals surface area (Å²) in [7, 11) is 0. The average Bonchev–Trinajstić information content (AvgIpc) is 2.80. The molecule has 0 unspecified atom stereocenters. The van der Waals surface area contributed by atoms with E-state index in [0.29, 0.717) is 5.69 Å². The molecule has 1 fully saturated rings. The fourth-order valence-corrected chi connectivity index (χ4v) is 3.65. The van der Waals surface area contributed by atoms with Crippen molar-refractivity contribution in [3.05, 3.63) is 66.2 Å². The third-order valence-electron chi connectivity index (χ3n) is 5.67. The van der Waals surface area contributed by atoms with Crippen LogP contribution in [-0.4, -0.2) is 29.3 Å². The highest BCUT2D eigenvalue weighted by Crippen LogP contribution is 2.30. The second-order valence-corrected chi connectivity index (χ2v) is 8.18. The summed E-state index contributed by atoms with van der Waals surface area (Å²) in [5.41, 5.74) is 1.61. The summed E-state index contributed by atoms with van der Waals surface area (Å²) in [6.45, 7) is 4.25. The van der Waals surface area contributed by atoms with Crippen molar-refractivity contribution in [1.82, 2.24) is 10.2 Å². The monoisotopic (exact) mass is 455 g/mol. The molecule has 1 aliphatic rings. The van der Waals surface area contributed by atoms with Crippen LogP contribution in [0.5, 0.6) is 0 Å². The highest BCUT2D eigenvalue weighted by molar-refractivity contribution is 5.99. The maximum atomic E-state index is 12.6. The smallest absolute Gasteiger partial charge is 0.355 e. The number of amides is 2. The number of alkyl halides is 3. The lowest BCUT2D eigenvalue weighted by atomic mass is 9.99. The number of hydrogen-bond donors (Lipinski definition) is 2. The van der Waals surface area contributed by atoms with Crippen molar-refractivity contribution in [3.8, 4) is 11.3 Å². The van der Waals surface area contributed by atoms with Crippen LogP contribution in [0.4, 0.5) is 35.2 Å². The van der Waals surface area contributed by atoms with E-state index in [1.807, 2.05) is 24.3 Å². The molecule has 2 N–H and O–H groups in total. The molecule has 4 rings (SSSR count). The van der Waals surface area contributed by atoms with Crippen molar-refractivity contribution in [3.63, 3.8) is 0 Å². The van der Waals surface area contributed by atoms with Crippen LogP contribution >= 0.6 is 0 Å². The van der Waals surface area contributed by atoms with Crippen LogP contribution in [0.2, 0.25) is 0 Å². The Kier molecular flexibility index (Phi) is 6.48. The van der Waals surface area contributed by atoms with Gasteiger partial charge in [-0.05, 0) is 67.3 Å². The van der Waals surface area contributed by atoms with Gasteiger partial charge in [-0.25, -0.2) is 4.79 Å². The Morgan fingerprint density at radius 3 is 1.97 bits per heavy atom. The van der Waals surface area contributed by atoms with E-state index in [9.17, 15) is 18.0 Å². The second kappa shape index (κ2) is 9.48. The van der Waals surface area contributed by atoms with Crippen LogP contribution in [0, 0.1) is 5.92 Å². The van der Waals surface area contributed by atoms with Crippen molar-refractivity contribution in [2.45, 2.75) is 25.9 Å². The summed E-state index contributed by atoms with van der Waals surface area (Å²) in [6.07, 6.45) is -2.10. The van der Waals surface area contributed by atoms with Gasteiger partial charge in [0.2, 0.25) is 0 Å². The standard InChI is InChI=1S/C24H24F3N5O/c1-16-12-14-32(15-13-16)22-11-10-21(30-31-22)17-2-6-19(7-3-17)28-23(33)29-20-8-4-18(5-9-20)24(25,26)27/h2-11,16H,12-15H2,1H3,(H2,28,29,33). The molecule has 0 saturated carbocycles. The molecule has 1 aliphatic heterocycles. The quantitative estimate of drug-likeness (QED) is 0.503. The van der Waals surface area contributed by atoms with Gasteiger partial charge >= 0.3 is 12.2 Å². The first kappa shape index (κ1) is 22.6. The van der Waals surface area contributed by atoms with Crippen LogP contribution in [0.25, 0.3) is 11.3 Å². The Morgan fingerprint density at radius 2 is 1.45 bits per heavy atom. The Labute approximate surface area is 189 Å². The maximum absolute atomic E-state index is 12.6. The number of piperidine rings is 1. The molecule has 1 saturated heterocycles. The lowest BCUT2D eigenvalue weighted by Gasteiger charge is -2.30. The summed E-state index contributed by atoms with van der Waals surface area (Å²) in [6, 6.07) is 14.7. The van der Waals surface area contributed by atoms with Gasteiger partial charge in [-0.3, -0.25) is 0 Å². The molecule has 0 bridgehead atoms. The lowest BCUT2D eigenvalue weighted by Crippen LogP contribution is -2.33. The van der Waals surface area contributed by atoms with Crippen LogP contribution in [0.3, 0.4) is 0 Å². The van der Waals surface area contributed by atoms with E-state index in [1.54, 1.807) is 12.1 Å². The number of nitrogens with one attached hydrogen (secondary N) is 2. The number of rotatable bonds is 4. The minimum absolute atomic E-state index is 0.260. The summed E-state index contributed by atoms with van der Waals surface area (Å²) >= 11 is 0. The third kappa shape index (κ3) is 5.79. The Bertz CT molecular complexity index is 1080. The summed E-state index contributed by atoms with van der Waals surface area (Å²) in [5, 5.41) is 13.9. The number of carbonyl (C=O) groups excluding carboxylic acids is 1. The summed E-state index contributed by atoms with van der Waals surface area (Å²) in [5.74, 6) is 1.63. The minimum Gasteiger partial charge on any atom is -0.355 e. The largest absolute Gasteiger partial charge is 0.416 e. The van der Waals surface area contributed by atoms with E-state index < -0.39 is 17.8 Å². The molecule has 172 valence electrons. The van der Waals surface area contributed by atoms with Crippen LogP contribution in [0.15, 0.2) is 60.7 Å². The third-order valence-corrected chi connectivity index (χ3v) is 5.67. The highest BCUT2D eigenvalue weighted by atomic mass is 19.4. The van der Waals surface area contributed by atoms with E-state index in [4.69, 9.17) is 0 Å². The maximum Gasteiger partial charge on any atom is 0.416 e. The van der Waals surface area contributed by atoms with Gasteiger partial charge in [0.1, 0.15) is 0 Å². The first-order valence-corrected chi connectivity index (χ1v) is 10.7. The molecule has 33 heavy (non-hydrogen) atoms. The Hall–Kier alpha value is -3.62. The van der Waals surface area contributed by atoms with Crippen molar-refractivity contribution < 1.29 is 18.0 Å². The van der Waals surface area contributed by atoms with Crippen molar-refractivity contribution in [2.24, 2.45) is 5.92 Å². The summed E-state index contributed by atoms with van der Waals surface area (Å²) < 4.78 is 37.9. The van der Waals surface area contributed by atoms with Crippen LogP contribution < -0.4 is 15.5 Å². The van der Waals surface area contributed by atoms with E-state index >= 15 is 0 Å². The number of anilines is 3. The van der Waals surface area contributed by atoms with Gasteiger partial charge < -0.3 is 15.5 Å². The van der Waals surface area contributed by atoms with Crippen LogP contribution in [0.1, 0.15) is 25.3 Å². The fourth-order valence-electron chi connectivity index (χ4n) is 3.65. The van der Waals surface area contributed by atoms with Gasteiger partial charge in [0.25, 0.3) is 0 Å². The SMILES string of the molecule is CC1CCN(c2ccc(-c3ccc(NC(=O)Nc4ccc(C(F)(F)F)cc4)cc3)nn2)CC1. The molecule has 0 radical (unpaired) electrons. The van der Waals surface area contributed by atoms with Crippen molar-refractivity contribution in [1.29, 1.82) is 0 Å². The zero-order valence-corrected chi connectivity index (χ0v) is 18.1. The minimum atomic E-state index is -4.42. The molecular weight excluding hydrogens is 431 g/mol. The summed E-state index contributed by atoms with van der Waals surface area (Å²) in [4.78, 5) is 14.4. The van der Waals surface area contributed by atoms with Gasteiger partial charge in [-0.15, -0.1) is 10.2 Å². The van der Waals surface area contributed by atoms with E-state index in [1.165, 1.54) is 12.1 Å². The molecule has 1 aromatic heterocycles. The number of hydrogen-bond acceptors (Lipinski definition) is 4. The molecule has 0 aliphatic carbocycles. The molecule has 2 aromatic carbocycles. The second-order valence-electron chi connectivity index (χ2n) is 8.18. The molecule has 0 atom stereocenters. The molecule has 3 aromatic rings.